The molecule has 0 atom stereocenters. The molecule has 39 heavy (non-hydrogen) atoms. The highest BCUT2D eigenvalue weighted by Crippen LogP contribution is 2.30. The van der Waals surface area contributed by atoms with Crippen molar-refractivity contribution in [1.29, 1.82) is 5.26 Å². The van der Waals surface area contributed by atoms with Gasteiger partial charge in [0.2, 0.25) is 0 Å². The van der Waals surface area contributed by atoms with Crippen LogP contribution < -0.4 is 15.5 Å². The summed E-state index contributed by atoms with van der Waals surface area (Å²) in [6, 6.07) is 23.1. The number of anilines is 2. The van der Waals surface area contributed by atoms with Crippen LogP contribution in [0.15, 0.2) is 72.8 Å². The highest BCUT2D eigenvalue weighted by atomic mass is 16.2. The highest BCUT2D eigenvalue weighted by molar-refractivity contribution is 6.07. The van der Waals surface area contributed by atoms with Crippen molar-refractivity contribution in [2.24, 2.45) is 0 Å². The van der Waals surface area contributed by atoms with Crippen LogP contribution >= 0.6 is 0 Å². The lowest BCUT2D eigenvalue weighted by Crippen LogP contribution is -2.49. The van der Waals surface area contributed by atoms with Gasteiger partial charge in [0.1, 0.15) is 0 Å². The van der Waals surface area contributed by atoms with Crippen molar-refractivity contribution in [2.45, 2.75) is 0 Å². The van der Waals surface area contributed by atoms with E-state index in [1.807, 2.05) is 46.2 Å². The first-order valence-electron chi connectivity index (χ1n) is 13.1. The minimum Gasteiger partial charge on any atom is -0.366 e. The quantitative estimate of drug-likeness (QED) is 0.534. The third-order valence-electron chi connectivity index (χ3n) is 7.10. The SMILES string of the molecule is N#Cc1ccc(C(=O)Nc2cc(C(=O)N3CCNCC3)ccc2N2CCN(C(=O)c3ccccc3)CC2)cc1. The Labute approximate surface area is 227 Å². The lowest BCUT2D eigenvalue weighted by atomic mass is 10.1. The molecule has 0 bridgehead atoms. The molecule has 2 fully saturated rings. The molecule has 2 saturated heterocycles. The van der Waals surface area contributed by atoms with Gasteiger partial charge in [0.05, 0.1) is 23.0 Å². The smallest absolute Gasteiger partial charge is 0.255 e. The van der Waals surface area contributed by atoms with Crippen LogP contribution in [0, 0.1) is 11.3 Å². The van der Waals surface area contributed by atoms with Crippen LogP contribution in [0.3, 0.4) is 0 Å². The standard InChI is InChI=1S/C30H30N6O3/c31-21-22-6-8-23(9-7-22)28(37)33-26-20-25(30(39)35-14-12-32-13-15-35)10-11-27(26)34-16-18-36(19-17-34)29(38)24-4-2-1-3-5-24/h1-11,20,32H,12-19H2,(H,33,37). The first-order valence-corrected chi connectivity index (χ1v) is 13.1. The lowest BCUT2D eigenvalue weighted by Gasteiger charge is -2.37. The number of nitriles is 1. The minimum absolute atomic E-state index is 0.00144. The van der Waals surface area contributed by atoms with Gasteiger partial charge in [-0.1, -0.05) is 18.2 Å². The fourth-order valence-electron chi connectivity index (χ4n) is 4.90. The van der Waals surface area contributed by atoms with Crippen molar-refractivity contribution >= 4 is 29.1 Å². The third-order valence-corrected chi connectivity index (χ3v) is 7.10. The number of benzene rings is 3. The molecule has 0 saturated carbocycles. The maximum absolute atomic E-state index is 13.2. The summed E-state index contributed by atoms with van der Waals surface area (Å²) in [6.45, 7) is 5.01. The van der Waals surface area contributed by atoms with Gasteiger partial charge in [-0.15, -0.1) is 0 Å². The van der Waals surface area contributed by atoms with Crippen molar-refractivity contribution in [3.63, 3.8) is 0 Å². The number of piperazine rings is 2. The van der Waals surface area contributed by atoms with E-state index in [9.17, 15) is 14.4 Å². The molecule has 2 N–H and O–H groups in total. The van der Waals surface area contributed by atoms with Gasteiger partial charge in [-0.3, -0.25) is 14.4 Å². The van der Waals surface area contributed by atoms with Crippen LogP contribution in [0.1, 0.15) is 36.6 Å². The van der Waals surface area contributed by atoms with Crippen LogP contribution in [0.4, 0.5) is 11.4 Å². The van der Waals surface area contributed by atoms with E-state index >= 15 is 0 Å². The number of carbonyl (C=O) groups excluding carboxylic acids is 3. The van der Waals surface area contributed by atoms with E-state index in [0.717, 1.165) is 18.8 Å². The molecule has 9 heteroatoms. The van der Waals surface area contributed by atoms with Gasteiger partial charge in [0.25, 0.3) is 17.7 Å². The molecular weight excluding hydrogens is 492 g/mol. The van der Waals surface area contributed by atoms with E-state index < -0.39 is 0 Å². The fourth-order valence-corrected chi connectivity index (χ4v) is 4.90. The van der Waals surface area contributed by atoms with Gasteiger partial charge >= 0.3 is 0 Å². The first-order chi connectivity index (χ1) is 19.0. The van der Waals surface area contributed by atoms with E-state index in [-0.39, 0.29) is 17.7 Å². The molecule has 0 unspecified atom stereocenters. The normalized spacial score (nSPS) is 15.4. The van der Waals surface area contributed by atoms with Crippen molar-refractivity contribution in [1.82, 2.24) is 15.1 Å². The Morgan fingerprint density at radius 2 is 1.33 bits per heavy atom. The summed E-state index contributed by atoms with van der Waals surface area (Å²) in [5.74, 6) is -0.401. The number of rotatable bonds is 5. The maximum atomic E-state index is 13.2. The van der Waals surface area contributed by atoms with E-state index in [0.29, 0.717) is 67.2 Å². The zero-order chi connectivity index (χ0) is 27.2. The number of hydrogen-bond acceptors (Lipinski definition) is 6. The van der Waals surface area contributed by atoms with Crippen LogP contribution in [0.5, 0.6) is 0 Å². The second-order valence-corrected chi connectivity index (χ2v) is 9.56. The van der Waals surface area contributed by atoms with E-state index in [4.69, 9.17) is 5.26 Å². The summed E-state index contributed by atoms with van der Waals surface area (Å²) in [7, 11) is 0. The summed E-state index contributed by atoms with van der Waals surface area (Å²) in [6.07, 6.45) is 0. The second kappa shape index (κ2) is 11.8. The Hall–Kier alpha value is -4.68. The predicted octanol–water partition coefficient (Wildman–Crippen LogP) is 2.82. The van der Waals surface area contributed by atoms with E-state index in [1.54, 1.807) is 36.4 Å². The Balaban J connectivity index is 1.37. The molecule has 2 heterocycles. The minimum atomic E-state index is -0.328. The summed E-state index contributed by atoms with van der Waals surface area (Å²) in [5, 5.41) is 15.3. The fraction of sp³-hybridized carbons (Fsp3) is 0.267. The molecule has 3 aromatic rings. The molecule has 0 aromatic heterocycles. The average molecular weight is 523 g/mol. The Kier molecular flexibility index (Phi) is 7.85. The zero-order valence-corrected chi connectivity index (χ0v) is 21.6. The van der Waals surface area contributed by atoms with Gasteiger partial charge in [-0.05, 0) is 54.6 Å². The van der Waals surface area contributed by atoms with Crippen molar-refractivity contribution in [3.8, 4) is 6.07 Å². The summed E-state index contributed by atoms with van der Waals surface area (Å²) in [4.78, 5) is 45.1. The van der Waals surface area contributed by atoms with Crippen LogP contribution in [0.2, 0.25) is 0 Å². The van der Waals surface area contributed by atoms with Crippen LogP contribution in [-0.4, -0.2) is 79.9 Å². The third kappa shape index (κ3) is 5.92. The Morgan fingerprint density at radius 1 is 0.718 bits per heavy atom. The van der Waals surface area contributed by atoms with Crippen LogP contribution in [0.25, 0.3) is 0 Å². The number of hydrogen-bond donors (Lipinski definition) is 2. The number of nitrogens with one attached hydrogen (secondary N) is 2. The molecular formula is C30H30N6O3. The monoisotopic (exact) mass is 522 g/mol. The maximum Gasteiger partial charge on any atom is 0.255 e. The largest absolute Gasteiger partial charge is 0.366 e. The molecule has 2 aliphatic rings. The molecule has 3 aromatic carbocycles. The van der Waals surface area contributed by atoms with E-state index in [1.165, 1.54) is 0 Å². The molecule has 2 aliphatic heterocycles. The van der Waals surface area contributed by atoms with Gasteiger partial charge in [-0.25, -0.2) is 0 Å². The number of nitrogens with zero attached hydrogens (tertiary/aromatic N) is 4. The van der Waals surface area contributed by atoms with Crippen LogP contribution in [-0.2, 0) is 0 Å². The zero-order valence-electron chi connectivity index (χ0n) is 21.6. The van der Waals surface area contributed by atoms with Crippen molar-refractivity contribution in [3.05, 3.63) is 95.1 Å². The van der Waals surface area contributed by atoms with Crippen molar-refractivity contribution in [2.75, 3.05) is 62.6 Å². The van der Waals surface area contributed by atoms with E-state index in [2.05, 4.69) is 21.6 Å². The summed E-state index contributed by atoms with van der Waals surface area (Å²) >= 11 is 0. The highest BCUT2D eigenvalue weighted by Gasteiger charge is 2.26. The topological polar surface area (TPSA) is 109 Å². The van der Waals surface area contributed by atoms with Gasteiger partial charge in [0, 0.05) is 69.0 Å². The predicted molar refractivity (Wildman–Crippen MR) is 149 cm³/mol. The molecule has 3 amide bonds. The van der Waals surface area contributed by atoms with Gasteiger partial charge < -0.3 is 25.3 Å². The van der Waals surface area contributed by atoms with Crippen molar-refractivity contribution < 1.29 is 14.4 Å². The molecule has 9 nitrogen and oxygen atoms in total. The summed E-state index contributed by atoms with van der Waals surface area (Å²) in [5.41, 5.74) is 3.38. The first kappa shape index (κ1) is 25.9. The Morgan fingerprint density at radius 3 is 2.00 bits per heavy atom. The molecule has 5 rings (SSSR count). The molecule has 0 aliphatic carbocycles. The number of amides is 3. The molecule has 0 radical (unpaired) electrons. The average Bonchev–Trinajstić information content (AvgIpc) is 3.01. The van der Waals surface area contributed by atoms with Gasteiger partial charge in [-0.2, -0.15) is 5.26 Å². The summed E-state index contributed by atoms with van der Waals surface area (Å²) < 4.78 is 0. The number of carbonyl (C=O) groups is 3. The molecule has 0 spiro atoms. The van der Waals surface area contributed by atoms with Gasteiger partial charge in [0.15, 0.2) is 0 Å². The lowest BCUT2D eigenvalue weighted by molar-refractivity contribution is 0.0731. The second-order valence-electron chi connectivity index (χ2n) is 9.56. The molecule has 198 valence electrons. The Bertz CT molecular complexity index is 1390.